The van der Waals surface area contributed by atoms with Gasteiger partial charge in [0.05, 0.1) is 21.5 Å². The van der Waals surface area contributed by atoms with Gasteiger partial charge in [-0.2, -0.15) is 0 Å². The second-order valence-corrected chi connectivity index (χ2v) is 7.75. The van der Waals surface area contributed by atoms with Crippen LogP contribution in [0.1, 0.15) is 43.9 Å². The maximum absolute atomic E-state index is 13.1. The van der Waals surface area contributed by atoms with Gasteiger partial charge in [-0.1, -0.05) is 29.8 Å². The first-order chi connectivity index (χ1) is 12.5. The molecule has 1 saturated heterocycles. The summed E-state index contributed by atoms with van der Waals surface area (Å²) in [6.07, 6.45) is 1.77. The Morgan fingerprint density at radius 2 is 2.04 bits per heavy atom. The highest BCUT2D eigenvalue weighted by Crippen LogP contribution is 2.36. The lowest BCUT2D eigenvalue weighted by atomic mass is 10.1. The lowest BCUT2D eigenvalue weighted by Crippen LogP contribution is -2.30. The molecule has 132 valence electrons. The van der Waals surface area contributed by atoms with Gasteiger partial charge >= 0.3 is 0 Å². The average Bonchev–Trinajstić information content (AvgIpc) is 3.30. The molecule has 4 rings (SSSR count). The van der Waals surface area contributed by atoms with Gasteiger partial charge in [-0.3, -0.25) is 9.59 Å². The van der Waals surface area contributed by atoms with Crippen LogP contribution < -0.4 is 5.73 Å². The Morgan fingerprint density at radius 3 is 2.81 bits per heavy atom. The number of primary amides is 1. The Hall–Kier alpha value is -2.44. The van der Waals surface area contributed by atoms with E-state index in [1.807, 2.05) is 29.2 Å². The lowest BCUT2D eigenvalue weighted by Gasteiger charge is -2.23. The molecule has 0 aliphatic carbocycles. The molecule has 0 unspecified atom stereocenters. The maximum atomic E-state index is 13.1. The van der Waals surface area contributed by atoms with Crippen molar-refractivity contribution >= 4 is 45.7 Å². The van der Waals surface area contributed by atoms with Crippen molar-refractivity contribution in [3.63, 3.8) is 0 Å². The molecule has 1 aliphatic heterocycles. The third kappa shape index (κ3) is 2.95. The first-order valence-corrected chi connectivity index (χ1v) is 9.50. The summed E-state index contributed by atoms with van der Waals surface area (Å²) in [7, 11) is 0. The molecular formula is C19H16ClN3O2S. The topological polar surface area (TPSA) is 76.3 Å². The van der Waals surface area contributed by atoms with Gasteiger partial charge in [0.25, 0.3) is 11.8 Å². The second-order valence-electron chi connectivity index (χ2n) is 6.23. The van der Waals surface area contributed by atoms with E-state index in [9.17, 15) is 9.59 Å². The second kappa shape index (κ2) is 6.70. The van der Waals surface area contributed by atoms with Gasteiger partial charge in [-0.25, -0.2) is 4.98 Å². The molecule has 3 heterocycles. The monoisotopic (exact) mass is 385 g/mol. The van der Waals surface area contributed by atoms with Crippen molar-refractivity contribution in [1.29, 1.82) is 0 Å². The normalized spacial score (nSPS) is 17.0. The molecule has 0 spiro atoms. The summed E-state index contributed by atoms with van der Waals surface area (Å²) in [4.78, 5) is 32.2. The number of carbonyl (C=O) groups is 2. The fourth-order valence-electron chi connectivity index (χ4n) is 3.35. The van der Waals surface area contributed by atoms with Crippen LogP contribution in [0.25, 0.3) is 10.9 Å². The van der Waals surface area contributed by atoms with Crippen LogP contribution in [0.4, 0.5) is 0 Å². The number of halogens is 1. The van der Waals surface area contributed by atoms with Gasteiger partial charge in [0.15, 0.2) is 0 Å². The van der Waals surface area contributed by atoms with Crippen molar-refractivity contribution in [2.45, 2.75) is 18.9 Å². The third-order valence-electron chi connectivity index (χ3n) is 4.60. The van der Waals surface area contributed by atoms with E-state index >= 15 is 0 Å². The molecule has 5 nitrogen and oxygen atoms in total. The zero-order chi connectivity index (χ0) is 18.3. The number of carbonyl (C=O) groups excluding carboxylic acids is 2. The van der Waals surface area contributed by atoms with Crippen LogP contribution in [0.2, 0.25) is 5.02 Å². The number of benzene rings is 1. The number of thiophene rings is 1. The van der Waals surface area contributed by atoms with E-state index in [4.69, 9.17) is 17.3 Å². The van der Waals surface area contributed by atoms with E-state index < -0.39 is 5.91 Å². The van der Waals surface area contributed by atoms with E-state index in [-0.39, 0.29) is 11.9 Å². The van der Waals surface area contributed by atoms with Crippen molar-refractivity contribution in [3.05, 3.63) is 62.9 Å². The highest BCUT2D eigenvalue weighted by Gasteiger charge is 2.32. The van der Waals surface area contributed by atoms with Crippen LogP contribution in [-0.4, -0.2) is 28.2 Å². The molecule has 1 atom stereocenters. The highest BCUT2D eigenvalue weighted by atomic mass is 35.5. The Morgan fingerprint density at radius 1 is 1.19 bits per heavy atom. The van der Waals surface area contributed by atoms with E-state index in [2.05, 4.69) is 4.98 Å². The lowest BCUT2D eigenvalue weighted by molar-refractivity contribution is 0.0732. The third-order valence-corrected chi connectivity index (χ3v) is 6.11. The van der Waals surface area contributed by atoms with E-state index in [1.165, 1.54) is 11.3 Å². The van der Waals surface area contributed by atoms with Crippen LogP contribution in [0.3, 0.4) is 0 Å². The summed E-state index contributed by atoms with van der Waals surface area (Å²) >= 11 is 7.57. The average molecular weight is 386 g/mol. The minimum Gasteiger partial charge on any atom is -0.365 e. The van der Waals surface area contributed by atoms with Gasteiger partial charge in [0.1, 0.15) is 5.69 Å². The first-order valence-electron chi connectivity index (χ1n) is 8.30. The van der Waals surface area contributed by atoms with Gasteiger partial charge in [-0.15, -0.1) is 11.3 Å². The minimum atomic E-state index is -0.442. The number of likely N-dealkylation sites (tertiary alicyclic amines) is 1. The number of rotatable bonds is 3. The summed E-state index contributed by atoms with van der Waals surface area (Å²) in [6, 6.07) is 12.7. The van der Waals surface area contributed by atoms with Crippen molar-refractivity contribution in [2.24, 2.45) is 5.73 Å². The molecule has 2 N–H and O–H groups in total. The molecule has 26 heavy (non-hydrogen) atoms. The fraction of sp³-hybridized carbons (Fsp3) is 0.211. The summed E-state index contributed by atoms with van der Waals surface area (Å²) in [5, 5.41) is 1.43. The Bertz CT molecular complexity index is 1020. The quantitative estimate of drug-likeness (QED) is 0.739. The zero-order valence-corrected chi connectivity index (χ0v) is 15.4. The molecule has 0 radical (unpaired) electrons. The summed E-state index contributed by atoms with van der Waals surface area (Å²) < 4.78 is 0. The van der Waals surface area contributed by atoms with Crippen molar-refractivity contribution in [2.75, 3.05) is 6.54 Å². The van der Waals surface area contributed by atoms with Gasteiger partial charge in [0.2, 0.25) is 0 Å². The van der Waals surface area contributed by atoms with Gasteiger partial charge < -0.3 is 10.6 Å². The molecule has 2 aromatic heterocycles. The Balaban J connectivity index is 1.66. The highest BCUT2D eigenvalue weighted by molar-refractivity contribution is 7.14. The molecule has 7 heteroatoms. The number of nitrogens with two attached hydrogens (primary N) is 1. The zero-order valence-electron chi connectivity index (χ0n) is 13.8. The number of hydrogen-bond acceptors (Lipinski definition) is 4. The van der Waals surface area contributed by atoms with Crippen LogP contribution >= 0.6 is 22.9 Å². The molecule has 3 aromatic rings. The van der Waals surface area contributed by atoms with Crippen molar-refractivity contribution in [3.8, 4) is 0 Å². The van der Waals surface area contributed by atoms with Crippen LogP contribution in [0, 0.1) is 0 Å². The number of fused-ring (bicyclic) bond motifs is 1. The number of para-hydroxylation sites is 1. The molecular weight excluding hydrogens is 370 g/mol. The van der Waals surface area contributed by atoms with Gasteiger partial charge in [-0.05, 0) is 37.1 Å². The van der Waals surface area contributed by atoms with Crippen LogP contribution in [-0.2, 0) is 0 Å². The van der Waals surface area contributed by atoms with Gasteiger partial charge in [0, 0.05) is 16.8 Å². The number of amides is 2. The number of nitrogens with zero attached hydrogens (tertiary/aromatic N) is 2. The number of aromatic nitrogens is 1. The predicted molar refractivity (Wildman–Crippen MR) is 103 cm³/mol. The fourth-order valence-corrected chi connectivity index (χ4v) is 4.58. The summed E-state index contributed by atoms with van der Waals surface area (Å²) in [5.74, 6) is -0.564. The number of pyridine rings is 1. The Labute approximate surface area is 159 Å². The molecule has 0 saturated carbocycles. The number of hydrogen-bond donors (Lipinski definition) is 1. The Kier molecular flexibility index (Phi) is 4.38. The van der Waals surface area contributed by atoms with Crippen LogP contribution in [0.15, 0.2) is 42.5 Å². The molecule has 1 aliphatic rings. The van der Waals surface area contributed by atoms with Crippen molar-refractivity contribution < 1.29 is 9.59 Å². The predicted octanol–water partition coefficient (Wildman–Crippen LogP) is 4.03. The smallest absolute Gasteiger partial charge is 0.273 e. The largest absolute Gasteiger partial charge is 0.365 e. The molecule has 2 amide bonds. The minimum absolute atomic E-state index is 0.0515. The molecule has 0 bridgehead atoms. The summed E-state index contributed by atoms with van der Waals surface area (Å²) in [6.45, 7) is 0.662. The molecule has 1 aromatic carbocycles. The maximum Gasteiger partial charge on any atom is 0.273 e. The SMILES string of the molecule is NC(=O)c1ccc([C@@H]2CCCN2C(=O)c2ccc3cccc(Cl)c3n2)s1. The van der Waals surface area contributed by atoms with E-state index in [0.717, 1.165) is 23.1 Å². The molecule has 1 fully saturated rings. The van der Waals surface area contributed by atoms with Crippen LogP contribution in [0.5, 0.6) is 0 Å². The van der Waals surface area contributed by atoms with E-state index in [1.54, 1.807) is 18.2 Å². The standard InChI is InChI=1S/C19H16ClN3O2S/c20-12-4-1-3-11-6-7-13(22-17(11)12)19(25)23-10-2-5-14(23)15-8-9-16(26-15)18(21)24/h1,3-4,6-9,14H,2,5,10H2,(H2,21,24)/t14-/m0/s1. The van der Waals surface area contributed by atoms with Crippen molar-refractivity contribution in [1.82, 2.24) is 9.88 Å². The summed E-state index contributed by atoms with van der Waals surface area (Å²) in [5.41, 5.74) is 6.35. The van der Waals surface area contributed by atoms with E-state index in [0.29, 0.717) is 27.7 Å². The first kappa shape index (κ1) is 17.0.